The zero-order chi connectivity index (χ0) is 17.9. The number of amides is 1. The van der Waals surface area contributed by atoms with Crippen LogP contribution in [-0.2, 0) is 4.79 Å². The number of carbonyl (C=O) groups is 1. The lowest BCUT2D eigenvalue weighted by Crippen LogP contribution is -2.64. The van der Waals surface area contributed by atoms with Crippen LogP contribution in [0.15, 0.2) is 24.3 Å². The first-order valence-corrected chi connectivity index (χ1v) is 9.60. The molecule has 3 N–H and O–H groups in total. The summed E-state index contributed by atoms with van der Waals surface area (Å²) in [6, 6.07) is 8.12. The molecule has 3 rings (SSSR count). The molecule has 0 saturated carbocycles. The van der Waals surface area contributed by atoms with Crippen molar-refractivity contribution in [2.45, 2.75) is 44.6 Å². The second-order valence-corrected chi connectivity index (χ2v) is 7.56. The predicted molar refractivity (Wildman–Crippen MR) is 106 cm³/mol. The molecule has 0 aromatic heterocycles. The lowest BCUT2D eigenvalue weighted by Gasteiger charge is -2.48. The summed E-state index contributed by atoms with van der Waals surface area (Å²) in [5.41, 5.74) is 7.57. The van der Waals surface area contributed by atoms with Crippen LogP contribution in [0.5, 0.6) is 0 Å². The van der Waals surface area contributed by atoms with Crippen molar-refractivity contribution in [3.05, 3.63) is 29.8 Å². The van der Waals surface area contributed by atoms with Gasteiger partial charge in [-0.3, -0.25) is 9.69 Å². The van der Waals surface area contributed by atoms with E-state index < -0.39 is 5.54 Å². The largest absolute Gasteiger partial charge is 0.368 e. The van der Waals surface area contributed by atoms with Crippen LogP contribution < -0.4 is 11.1 Å². The topological polar surface area (TPSA) is 61.6 Å². The fourth-order valence-corrected chi connectivity index (χ4v) is 4.32. The number of nitrogens with zero attached hydrogens (tertiary/aromatic N) is 2. The molecule has 5 nitrogen and oxygen atoms in total. The van der Waals surface area contributed by atoms with Crippen LogP contribution in [-0.4, -0.2) is 52.5 Å². The van der Waals surface area contributed by atoms with Crippen molar-refractivity contribution >= 4 is 28.9 Å². The van der Waals surface area contributed by atoms with Crippen molar-refractivity contribution in [3.8, 4) is 0 Å². The molecular weight excluding hydrogens is 332 g/mol. The van der Waals surface area contributed by atoms with E-state index in [1.807, 2.05) is 18.2 Å². The van der Waals surface area contributed by atoms with E-state index in [1.54, 1.807) is 0 Å². The molecule has 1 aromatic carbocycles. The molecule has 2 aliphatic rings. The lowest BCUT2D eigenvalue weighted by molar-refractivity contribution is -0.134. The van der Waals surface area contributed by atoms with Crippen LogP contribution in [0.4, 0.5) is 5.69 Å². The van der Waals surface area contributed by atoms with E-state index in [0.717, 1.165) is 62.7 Å². The van der Waals surface area contributed by atoms with Crippen molar-refractivity contribution in [1.82, 2.24) is 9.80 Å². The fraction of sp³-hybridized carbons (Fsp3) is 0.579. The molecular formula is C19H28N4OS. The molecule has 2 heterocycles. The number of likely N-dealkylation sites (tertiary alicyclic amines) is 2. The van der Waals surface area contributed by atoms with Crippen LogP contribution in [0.25, 0.3) is 0 Å². The van der Waals surface area contributed by atoms with E-state index >= 15 is 0 Å². The zero-order valence-corrected chi connectivity index (χ0v) is 15.8. The van der Waals surface area contributed by atoms with E-state index in [0.29, 0.717) is 0 Å². The molecule has 2 saturated heterocycles. The average molecular weight is 361 g/mol. The zero-order valence-electron chi connectivity index (χ0n) is 15.0. The van der Waals surface area contributed by atoms with Crippen molar-refractivity contribution < 1.29 is 4.79 Å². The Morgan fingerprint density at radius 3 is 2.36 bits per heavy atom. The van der Waals surface area contributed by atoms with Gasteiger partial charge in [-0.15, -0.1) is 0 Å². The highest BCUT2D eigenvalue weighted by atomic mass is 32.1. The van der Waals surface area contributed by atoms with Gasteiger partial charge in [-0.25, -0.2) is 0 Å². The molecule has 0 aliphatic carbocycles. The molecule has 0 bridgehead atoms. The molecule has 25 heavy (non-hydrogen) atoms. The average Bonchev–Trinajstić information content (AvgIpc) is 2.64. The third-order valence-electron chi connectivity index (χ3n) is 5.68. The van der Waals surface area contributed by atoms with E-state index in [9.17, 15) is 4.79 Å². The number of nitrogens with one attached hydrogen (secondary N) is 1. The third-order valence-corrected chi connectivity index (χ3v) is 6.04. The minimum atomic E-state index is -0.491. The summed E-state index contributed by atoms with van der Waals surface area (Å²) in [4.78, 5) is 16.8. The number of para-hydroxylation sites is 1. The Morgan fingerprint density at radius 1 is 1.12 bits per heavy atom. The van der Waals surface area contributed by atoms with Crippen molar-refractivity contribution in [2.24, 2.45) is 5.73 Å². The minimum Gasteiger partial charge on any atom is -0.368 e. The van der Waals surface area contributed by atoms with Crippen molar-refractivity contribution in [2.75, 3.05) is 31.5 Å². The second kappa shape index (κ2) is 7.70. The van der Waals surface area contributed by atoms with Gasteiger partial charge in [-0.1, -0.05) is 24.6 Å². The number of aryl methyl sites for hydroxylation is 1. The first-order valence-electron chi connectivity index (χ1n) is 9.19. The number of primary amides is 1. The Kier molecular flexibility index (Phi) is 5.59. The summed E-state index contributed by atoms with van der Waals surface area (Å²) in [6.45, 7) is 5.55. The number of hydrogen-bond donors (Lipinski definition) is 2. The van der Waals surface area contributed by atoms with Crippen molar-refractivity contribution in [3.63, 3.8) is 0 Å². The van der Waals surface area contributed by atoms with Gasteiger partial charge in [0.15, 0.2) is 5.11 Å². The molecule has 2 fully saturated rings. The molecule has 0 radical (unpaired) electrons. The van der Waals surface area contributed by atoms with Gasteiger partial charge in [-0.2, -0.15) is 0 Å². The maximum absolute atomic E-state index is 12.3. The number of anilines is 1. The van der Waals surface area contributed by atoms with Gasteiger partial charge in [0.2, 0.25) is 5.91 Å². The fourth-order valence-electron chi connectivity index (χ4n) is 4.03. The predicted octanol–water partition coefficient (Wildman–Crippen LogP) is 2.50. The van der Waals surface area contributed by atoms with Crippen LogP contribution >= 0.6 is 12.2 Å². The molecule has 136 valence electrons. The van der Waals surface area contributed by atoms with Gasteiger partial charge in [0.1, 0.15) is 5.54 Å². The van der Waals surface area contributed by atoms with Gasteiger partial charge < -0.3 is 16.0 Å². The molecule has 0 unspecified atom stereocenters. The number of piperidine rings is 2. The second-order valence-electron chi connectivity index (χ2n) is 7.18. The summed E-state index contributed by atoms with van der Waals surface area (Å²) in [6.07, 6.45) is 5.07. The molecule has 0 atom stereocenters. The van der Waals surface area contributed by atoms with Crippen LogP contribution in [0.2, 0.25) is 0 Å². The third kappa shape index (κ3) is 3.80. The number of thiocarbonyl (C=S) groups is 1. The smallest absolute Gasteiger partial charge is 0.238 e. The van der Waals surface area contributed by atoms with Crippen LogP contribution in [0.1, 0.15) is 37.7 Å². The SMILES string of the molecule is Cc1ccccc1NC(=S)N1CCC(C(N)=O)(N2CCCCC2)CC1. The van der Waals surface area contributed by atoms with Crippen molar-refractivity contribution in [1.29, 1.82) is 0 Å². The van der Waals surface area contributed by atoms with Gasteiger partial charge in [0.05, 0.1) is 0 Å². The number of benzene rings is 1. The number of hydrogen-bond acceptors (Lipinski definition) is 3. The standard InChI is InChI=1S/C19H28N4OS/c1-15-7-3-4-8-16(15)21-18(25)22-13-9-19(10-14-22,17(20)24)23-11-5-2-6-12-23/h3-4,7-8H,2,5-6,9-14H2,1H3,(H2,20,24)(H,21,25). The van der Waals surface area contributed by atoms with E-state index in [1.165, 1.54) is 12.0 Å². The molecule has 6 heteroatoms. The van der Waals surface area contributed by atoms with Gasteiger partial charge >= 0.3 is 0 Å². The van der Waals surface area contributed by atoms with E-state index in [2.05, 4.69) is 28.1 Å². The summed E-state index contributed by atoms with van der Waals surface area (Å²) < 4.78 is 0. The van der Waals surface area contributed by atoms with Crippen LogP contribution in [0, 0.1) is 6.92 Å². The quantitative estimate of drug-likeness (QED) is 0.811. The summed E-state index contributed by atoms with van der Waals surface area (Å²) >= 11 is 5.60. The number of rotatable bonds is 3. The maximum Gasteiger partial charge on any atom is 0.238 e. The first-order chi connectivity index (χ1) is 12.0. The number of carbonyl (C=O) groups excluding carboxylic acids is 1. The van der Waals surface area contributed by atoms with Gasteiger partial charge in [0.25, 0.3) is 0 Å². The summed E-state index contributed by atoms with van der Waals surface area (Å²) in [7, 11) is 0. The highest BCUT2D eigenvalue weighted by Gasteiger charge is 2.45. The Balaban J connectivity index is 1.64. The summed E-state index contributed by atoms with van der Waals surface area (Å²) in [5, 5.41) is 4.07. The normalized spacial score (nSPS) is 20.9. The Labute approximate surface area is 155 Å². The Morgan fingerprint density at radius 2 is 1.76 bits per heavy atom. The molecule has 2 aliphatic heterocycles. The monoisotopic (exact) mass is 360 g/mol. The Hall–Kier alpha value is -1.66. The van der Waals surface area contributed by atoms with Gasteiger partial charge in [-0.05, 0) is 69.5 Å². The van der Waals surface area contributed by atoms with E-state index in [4.69, 9.17) is 18.0 Å². The first kappa shape index (κ1) is 18.1. The van der Waals surface area contributed by atoms with Crippen LogP contribution in [0.3, 0.4) is 0 Å². The molecule has 1 amide bonds. The highest BCUT2D eigenvalue weighted by Crippen LogP contribution is 2.32. The molecule has 0 spiro atoms. The van der Waals surface area contributed by atoms with E-state index in [-0.39, 0.29) is 5.91 Å². The summed E-state index contributed by atoms with van der Waals surface area (Å²) in [5.74, 6) is -0.174. The maximum atomic E-state index is 12.3. The molecule has 1 aromatic rings. The highest BCUT2D eigenvalue weighted by molar-refractivity contribution is 7.80. The number of nitrogens with two attached hydrogens (primary N) is 1. The minimum absolute atomic E-state index is 0.174. The van der Waals surface area contributed by atoms with Gasteiger partial charge in [0, 0.05) is 18.8 Å². The lowest BCUT2D eigenvalue weighted by atomic mass is 9.83. The Bertz CT molecular complexity index is 634.